The van der Waals surface area contributed by atoms with E-state index in [2.05, 4.69) is 4.98 Å². The van der Waals surface area contributed by atoms with Crippen LogP contribution in [0.3, 0.4) is 0 Å². The minimum atomic E-state index is -0.636. The number of hydrogen-bond acceptors (Lipinski definition) is 5. The summed E-state index contributed by atoms with van der Waals surface area (Å²) in [5.74, 6) is -0.0760. The van der Waals surface area contributed by atoms with E-state index in [4.69, 9.17) is 32.7 Å². The highest BCUT2D eigenvalue weighted by molar-refractivity contribution is 6.33. The molecule has 0 spiro atoms. The summed E-state index contributed by atoms with van der Waals surface area (Å²) >= 11 is 11.8. The number of nitrogens with zero attached hydrogens (tertiary/aromatic N) is 2. The summed E-state index contributed by atoms with van der Waals surface area (Å²) < 4.78 is 25.5. The van der Waals surface area contributed by atoms with Crippen molar-refractivity contribution >= 4 is 34.9 Å². The van der Waals surface area contributed by atoms with E-state index in [9.17, 15) is 14.0 Å². The molecule has 0 bridgehead atoms. The van der Waals surface area contributed by atoms with Crippen molar-refractivity contribution in [1.29, 1.82) is 0 Å². The number of Topliss-reactive ketones (excluding diaryl/α,β-unsaturated/α-hetero) is 1. The van der Waals surface area contributed by atoms with E-state index in [0.717, 1.165) is 12.8 Å². The molecule has 0 N–H and O–H groups in total. The van der Waals surface area contributed by atoms with Crippen molar-refractivity contribution in [3.63, 3.8) is 0 Å². The van der Waals surface area contributed by atoms with Crippen molar-refractivity contribution in [3.8, 4) is 11.5 Å². The normalized spacial score (nSPS) is 16.8. The maximum absolute atomic E-state index is 14.5. The smallest absolute Gasteiger partial charge is 0.256 e. The van der Waals surface area contributed by atoms with Gasteiger partial charge < -0.3 is 14.4 Å². The van der Waals surface area contributed by atoms with Crippen molar-refractivity contribution in [2.45, 2.75) is 19.3 Å². The van der Waals surface area contributed by atoms with E-state index >= 15 is 0 Å². The first-order valence-corrected chi connectivity index (χ1v) is 10.4. The number of fused-ring (bicyclic) bond motifs is 1. The number of ether oxygens (including phenoxy) is 2. The van der Waals surface area contributed by atoms with Gasteiger partial charge in [0.1, 0.15) is 23.3 Å². The van der Waals surface area contributed by atoms with E-state index in [1.54, 1.807) is 17.0 Å². The third kappa shape index (κ3) is 4.52. The van der Waals surface area contributed by atoms with E-state index in [1.807, 2.05) is 0 Å². The van der Waals surface area contributed by atoms with E-state index < -0.39 is 5.82 Å². The van der Waals surface area contributed by atoms with Crippen molar-refractivity contribution in [1.82, 2.24) is 9.88 Å². The van der Waals surface area contributed by atoms with Crippen LogP contribution in [0.1, 0.15) is 28.8 Å². The van der Waals surface area contributed by atoms with Crippen LogP contribution in [-0.2, 0) is 11.2 Å². The molecule has 1 fully saturated rings. The van der Waals surface area contributed by atoms with Gasteiger partial charge in [-0.05, 0) is 37.0 Å². The van der Waals surface area contributed by atoms with Crippen LogP contribution in [0, 0.1) is 11.7 Å². The zero-order valence-corrected chi connectivity index (χ0v) is 17.5. The molecule has 1 amide bonds. The number of halogens is 3. The maximum Gasteiger partial charge on any atom is 0.256 e. The molecule has 30 heavy (non-hydrogen) atoms. The SMILES string of the molecule is O=C1COc2cc(F)c(C(=O)N3CCC(COc4ccc(Cl)nc4Cl)CC3)cc2C1. The highest BCUT2D eigenvalue weighted by Crippen LogP contribution is 2.29. The fourth-order valence-electron chi connectivity index (χ4n) is 3.65. The average Bonchev–Trinajstić information content (AvgIpc) is 2.73. The Morgan fingerprint density at radius 2 is 2.03 bits per heavy atom. The number of piperidine rings is 1. The second kappa shape index (κ2) is 8.78. The molecule has 4 rings (SSSR count). The van der Waals surface area contributed by atoms with Crippen LogP contribution in [0.5, 0.6) is 11.5 Å². The molecule has 1 aromatic carbocycles. The van der Waals surface area contributed by atoms with Gasteiger partial charge in [-0.1, -0.05) is 23.2 Å². The Morgan fingerprint density at radius 3 is 2.77 bits per heavy atom. The van der Waals surface area contributed by atoms with E-state index in [-0.39, 0.29) is 41.4 Å². The molecule has 1 aromatic heterocycles. The first kappa shape index (κ1) is 20.9. The lowest BCUT2D eigenvalue weighted by molar-refractivity contribution is -0.121. The lowest BCUT2D eigenvalue weighted by Crippen LogP contribution is -2.40. The van der Waals surface area contributed by atoms with Gasteiger partial charge in [0.05, 0.1) is 12.2 Å². The summed E-state index contributed by atoms with van der Waals surface area (Å²) in [5, 5.41) is 0.505. The van der Waals surface area contributed by atoms with Crippen molar-refractivity contribution in [3.05, 3.63) is 51.5 Å². The molecule has 6 nitrogen and oxygen atoms in total. The first-order valence-electron chi connectivity index (χ1n) is 9.61. The fourth-order valence-corrected chi connectivity index (χ4v) is 4.05. The number of carbonyl (C=O) groups excluding carboxylic acids is 2. The molecule has 2 aromatic rings. The first-order chi connectivity index (χ1) is 14.4. The Hall–Kier alpha value is -2.38. The number of benzene rings is 1. The van der Waals surface area contributed by atoms with Crippen molar-refractivity contribution in [2.24, 2.45) is 5.92 Å². The topological polar surface area (TPSA) is 68.7 Å². The molecule has 0 atom stereocenters. The third-order valence-electron chi connectivity index (χ3n) is 5.31. The quantitative estimate of drug-likeness (QED) is 0.656. The number of likely N-dealkylation sites (tertiary alicyclic amines) is 1. The largest absolute Gasteiger partial charge is 0.490 e. The Morgan fingerprint density at radius 1 is 1.27 bits per heavy atom. The minimum Gasteiger partial charge on any atom is -0.490 e. The lowest BCUT2D eigenvalue weighted by atomic mass is 9.96. The van der Waals surface area contributed by atoms with Crippen LogP contribution in [-0.4, -0.2) is 47.9 Å². The van der Waals surface area contributed by atoms with Gasteiger partial charge >= 0.3 is 0 Å². The second-order valence-electron chi connectivity index (χ2n) is 7.41. The van der Waals surface area contributed by atoms with E-state index in [1.165, 1.54) is 12.1 Å². The monoisotopic (exact) mass is 452 g/mol. The lowest BCUT2D eigenvalue weighted by Gasteiger charge is -2.32. The Labute approximate surface area is 182 Å². The van der Waals surface area contributed by atoms with Gasteiger partial charge in [-0.3, -0.25) is 9.59 Å². The molecule has 0 aliphatic carbocycles. The zero-order chi connectivity index (χ0) is 21.3. The summed E-state index contributed by atoms with van der Waals surface area (Å²) in [7, 11) is 0. The second-order valence-corrected chi connectivity index (χ2v) is 8.16. The summed E-state index contributed by atoms with van der Waals surface area (Å²) in [6.45, 7) is 1.36. The van der Waals surface area contributed by atoms with Gasteiger partial charge in [0.2, 0.25) is 0 Å². The molecule has 2 aliphatic rings. The maximum atomic E-state index is 14.5. The van der Waals surface area contributed by atoms with Crippen LogP contribution in [0.4, 0.5) is 4.39 Å². The van der Waals surface area contributed by atoms with E-state index in [0.29, 0.717) is 41.9 Å². The van der Waals surface area contributed by atoms with Gasteiger partial charge in [-0.15, -0.1) is 0 Å². The minimum absolute atomic E-state index is 0.0271. The molecule has 158 valence electrons. The van der Waals surface area contributed by atoms with Crippen LogP contribution >= 0.6 is 23.2 Å². The van der Waals surface area contributed by atoms with Crippen molar-refractivity contribution in [2.75, 3.05) is 26.3 Å². The van der Waals surface area contributed by atoms with Gasteiger partial charge in [0, 0.05) is 31.1 Å². The standard InChI is InChI=1S/C21H19Cl2FN2O4/c22-19-2-1-17(20(23)25-19)29-10-12-3-5-26(6-4-12)21(28)15-8-13-7-14(27)11-30-18(13)9-16(15)24/h1-2,8-9,12H,3-7,10-11H2. The van der Waals surface area contributed by atoms with Gasteiger partial charge in [0.25, 0.3) is 5.91 Å². The van der Waals surface area contributed by atoms with Gasteiger partial charge in [0.15, 0.2) is 16.7 Å². The Kier molecular flexibility index (Phi) is 6.11. The fraction of sp³-hybridized carbons (Fsp3) is 0.381. The Bertz CT molecular complexity index is 993. The van der Waals surface area contributed by atoms with Gasteiger partial charge in [-0.2, -0.15) is 0 Å². The summed E-state index contributed by atoms with van der Waals surface area (Å²) in [5.41, 5.74) is 0.522. The molecule has 1 saturated heterocycles. The highest BCUT2D eigenvalue weighted by Gasteiger charge is 2.28. The van der Waals surface area contributed by atoms with Crippen LogP contribution < -0.4 is 9.47 Å². The highest BCUT2D eigenvalue weighted by atomic mass is 35.5. The molecule has 9 heteroatoms. The number of carbonyl (C=O) groups is 2. The number of pyridine rings is 1. The molecule has 3 heterocycles. The molecular weight excluding hydrogens is 434 g/mol. The van der Waals surface area contributed by atoms with Crippen LogP contribution in [0.15, 0.2) is 24.3 Å². The van der Waals surface area contributed by atoms with Crippen molar-refractivity contribution < 1.29 is 23.5 Å². The third-order valence-corrected chi connectivity index (χ3v) is 5.79. The molecule has 0 saturated carbocycles. The zero-order valence-electron chi connectivity index (χ0n) is 16.0. The number of ketones is 1. The summed E-state index contributed by atoms with van der Waals surface area (Å²) in [4.78, 5) is 30.0. The summed E-state index contributed by atoms with van der Waals surface area (Å²) in [6.07, 6.45) is 1.59. The number of amides is 1. The average molecular weight is 453 g/mol. The Balaban J connectivity index is 1.35. The number of aromatic nitrogens is 1. The number of hydrogen-bond donors (Lipinski definition) is 0. The van der Waals surface area contributed by atoms with Crippen LogP contribution in [0.2, 0.25) is 10.3 Å². The molecule has 0 unspecified atom stereocenters. The van der Waals surface area contributed by atoms with Crippen LogP contribution in [0.25, 0.3) is 0 Å². The van der Waals surface area contributed by atoms with Gasteiger partial charge in [-0.25, -0.2) is 9.37 Å². The molecule has 0 radical (unpaired) electrons. The molecular formula is C21H19Cl2FN2O4. The predicted octanol–water partition coefficient (Wildman–Crippen LogP) is 3.96. The number of rotatable bonds is 4. The predicted molar refractivity (Wildman–Crippen MR) is 109 cm³/mol. The molecule has 2 aliphatic heterocycles. The summed E-state index contributed by atoms with van der Waals surface area (Å²) in [6, 6.07) is 5.91.